The summed E-state index contributed by atoms with van der Waals surface area (Å²) in [5.74, 6) is -0.644. The van der Waals surface area contributed by atoms with E-state index in [1.54, 1.807) is 6.92 Å². The number of ether oxygens (including phenoxy) is 1. The average Bonchev–Trinajstić information content (AvgIpc) is 2.45. The van der Waals surface area contributed by atoms with Gasteiger partial charge in [-0.1, -0.05) is 6.92 Å². The molecule has 2 atom stereocenters. The number of quaternary nitrogens is 1. The van der Waals surface area contributed by atoms with Crippen LogP contribution in [-0.4, -0.2) is 50.7 Å². The van der Waals surface area contributed by atoms with Crippen LogP contribution in [0.5, 0.6) is 0 Å². The molecule has 1 aliphatic heterocycles. The number of nitrogens with one attached hydrogen (secondary N) is 3. The molecular weight excluding hydrogens is 274 g/mol. The van der Waals surface area contributed by atoms with Crippen molar-refractivity contribution in [2.75, 3.05) is 32.8 Å². The van der Waals surface area contributed by atoms with Crippen molar-refractivity contribution >= 4 is 17.9 Å². The molecule has 3 amide bonds. The van der Waals surface area contributed by atoms with E-state index in [2.05, 4.69) is 10.6 Å². The summed E-state index contributed by atoms with van der Waals surface area (Å²) in [6.45, 7) is 6.27. The predicted octanol–water partition coefficient (Wildman–Crippen LogP) is -0.920. The molecule has 0 saturated carbocycles. The van der Waals surface area contributed by atoms with E-state index in [1.165, 1.54) is 0 Å². The Labute approximate surface area is 125 Å². The van der Waals surface area contributed by atoms with Gasteiger partial charge in [-0.05, 0) is 26.2 Å². The van der Waals surface area contributed by atoms with E-state index < -0.39 is 6.03 Å². The zero-order chi connectivity index (χ0) is 15.7. The van der Waals surface area contributed by atoms with Gasteiger partial charge in [0, 0.05) is 6.54 Å². The van der Waals surface area contributed by atoms with Crippen LogP contribution in [0.1, 0.15) is 33.1 Å². The highest BCUT2D eigenvalue weighted by atomic mass is 16.5. The number of hydrogen-bond donors (Lipinski definition) is 3. The molecule has 1 rings (SSSR count). The first-order valence-corrected chi connectivity index (χ1v) is 7.64. The Bertz CT molecular complexity index is 373. The number of imide groups is 1. The zero-order valence-corrected chi connectivity index (χ0v) is 12.9. The molecular formula is C14H26N3O4+. The van der Waals surface area contributed by atoms with Crippen molar-refractivity contribution in [1.82, 2.24) is 10.6 Å². The first-order valence-electron chi connectivity index (χ1n) is 7.64. The largest absolute Gasteiger partial charge is 0.466 e. The molecule has 3 N–H and O–H groups in total. The smallest absolute Gasteiger partial charge is 0.321 e. The summed E-state index contributed by atoms with van der Waals surface area (Å²) in [4.78, 5) is 35.9. The fraction of sp³-hybridized carbons (Fsp3) is 0.786. The van der Waals surface area contributed by atoms with Crippen LogP contribution in [0.4, 0.5) is 4.79 Å². The molecule has 1 fully saturated rings. The van der Waals surface area contributed by atoms with Crippen LogP contribution in [0.25, 0.3) is 0 Å². The lowest BCUT2D eigenvalue weighted by Crippen LogP contribution is -3.14. The van der Waals surface area contributed by atoms with Crippen LogP contribution in [0.3, 0.4) is 0 Å². The third-order valence-corrected chi connectivity index (χ3v) is 3.44. The van der Waals surface area contributed by atoms with Crippen molar-refractivity contribution in [2.45, 2.75) is 33.1 Å². The molecule has 0 aliphatic carbocycles. The van der Waals surface area contributed by atoms with E-state index in [1.807, 2.05) is 6.92 Å². The quantitative estimate of drug-likeness (QED) is 0.554. The van der Waals surface area contributed by atoms with Gasteiger partial charge in [-0.2, -0.15) is 0 Å². The van der Waals surface area contributed by atoms with Crippen LogP contribution in [0.2, 0.25) is 0 Å². The Morgan fingerprint density at radius 2 is 2.05 bits per heavy atom. The summed E-state index contributed by atoms with van der Waals surface area (Å²) in [5.41, 5.74) is 0. The topological polar surface area (TPSA) is 88.9 Å². The summed E-state index contributed by atoms with van der Waals surface area (Å²) < 4.78 is 5.03. The van der Waals surface area contributed by atoms with E-state index in [-0.39, 0.29) is 24.3 Å². The van der Waals surface area contributed by atoms with Crippen molar-refractivity contribution in [3.63, 3.8) is 0 Å². The van der Waals surface area contributed by atoms with Crippen molar-refractivity contribution in [3.05, 3.63) is 0 Å². The molecule has 1 saturated heterocycles. The average molecular weight is 300 g/mol. The fourth-order valence-corrected chi connectivity index (χ4v) is 2.45. The van der Waals surface area contributed by atoms with Crippen molar-refractivity contribution in [1.29, 1.82) is 0 Å². The summed E-state index contributed by atoms with van der Waals surface area (Å²) in [6.07, 6.45) is 2.51. The molecule has 1 unspecified atom stereocenters. The molecule has 0 aromatic heterocycles. The second kappa shape index (κ2) is 9.33. The molecule has 0 radical (unpaired) electrons. The molecule has 7 nitrogen and oxygen atoms in total. The van der Waals surface area contributed by atoms with E-state index in [0.717, 1.165) is 30.7 Å². The van der Waals surface area contributed by atoms with Gasteiger partial charge >= 0.3 is 12.0 Å². The highest BCUT2D eigenvalue weighted by molar-refractivity contribution is 5.94. The number of piperidine rings is 1. The third-order valence-electron chi connectivity index (χ3n) is 3.44. The van der Waals surface area contributed by atoms with Gasteiger partial charge in [0.1, 0.15) is 5.92 Å². The Balaban J connectivity index is 2.35. The van der Waals surface area contributed by atoms with Crippen LogP contribution in [0, 0.1) is 5.92 Å². The SMILES string of the molecule is CCCNC(=O)NC(=O)C[NH+]1CCC[C@@H](C(=O)OCC)C1. The van der Waals surface area contributed by atoms with Gasteiger partial charge in [-0.15, -0.1) is 0 Å². The van der Waals surface area contributed by atoms with Gasteiger partial charge < -0.3 is 15.0 Å². The van der Waals surface area contributed by atoms with E-state index in [0.29, 0.717) is 19.7 Å². The number of amides is 3. The van der Waals surface area contributed by atoms with E-state index in [9.17, 15) is 14.4 Å². The van der Waals surface area contributed by atoms with Gasteiger partial charge in [0.05, 0.1) is 19.7 Å². The van der Waals surface area contributed by atoms with Gasteiger partial charge in [-0.3, -0.25) is 14.9 Å². The number of rotatable bonds is 6. The molecule has 0 aromatic rings. The fourth-order valence-electron chi connectivity index (χ4n) is 2.45. The molecule has 0 spiro atoms. The molecule has 0 bridgehead atoms. The van der Waals surface area contributed by atoms with Crippen molar-refractivity contribution in [3.8, 4) is 0 Å². The number of esters is 1. The van der Waals surface area contributed by atoms with Crippen molar-refractivity contribution in [2.24, 2.45) is 5.92 Å². The minimum atomic E-state index is -0.458. The van der Waals surface area contributed by atoms with E-state index >= 15 is 0 Å². The van der Waals surface area contributed by atoms with Gasteiger partial charge in [-0.25, -0.2) is 4.79 Å². The minimum Gasteiger partial charge on any atom is -0.466 e. The lowest BCUT2D eigenvalue weighted by atomic mass is 9.98. The van der Waals surface area contributed by atoms with Gasteiger partial charge in [0.25, 0.3) is 5.91 Å². The lowest BCUT2D eigenvalue weighted by molar-refractivity contribution is -0.899. The summed E-state index contributed by atoms with van der Waals surface area (Å²) in [7, 11) is 0. The third kappa shape index (κ3) is 6.57. The lowest BCUT2D eigenvalue weighted by Gasteiger charge is -2.28. The van der Waals surface area contributed by atoms with Crippen molar-refractivity contribution < 1.29 is 24.0 Å². The molecule has 120 valence electrons. The number of carbonyl (C=O) groups is 3. The number of hydrogen-bond acceptors (Lipinski definition) is 4. The summed E-state index contributed by atoms with van der Waals surface area (Å²) in [5, 5.41) is 4.90. The molecule has 1 heterocycles. The van der Waals surface area contributed by atoms with Gasteiger partial charge in [0.2, 0.25) is 0 Å². The van der Waals surface area contributed by atoms with E-state index in [4.69, 9.17) is 4.74 Å². The predicted molar refractivity (Wildman–Crippen MR) is 76.8 cm³/mol. The molecule has 7 heteroatoms. The maximum atomic E-state index is 11.8. The van der Waals surface area contributed by atoms with Crippen LogP contribution >= 0.6 is 0 Å². The van der Waals surface area contributed by atoms with Crippen LogP contribution in [-0.2, 0) is 14.3 Å². The second-order valence-electron chi connectivity index (χ2n) is 5.28. The normalized spacial score (nSPS) is 21.4. The Morgan fingerprint density at radius 3 is 2.71 bits per heavy atom. The number of urea groups is 1. The standard InChI is InChI=1S/C14H25N3O4/c1-3-7-15-14(20)16-12(18)10-17-8-5-6-11(9-17)13(19)21-4-2/h11H,3-10H2,1-2H3,(H2,15,16,18,20)/p+1/t11-/m1/s1. The molecule has 1 aliphatic rings. The second-order valence-corrected chi connectivity index (χ2v) is 5.28. The number of carbonyl (C=O) groups excluding carboxylic acids is 3. The monoisotopic (exact) mass is 300 g/mol. The highest BCUT2D eigenvalue weighted by Gasteiger charge is 2.30. The van der Waals surface area contributed by atoms with Crippen LogP contribution in [0.15, 0.2) is 0 Å². The zero-order valence-electron chi connectivity index (χ0n) is 12.9. The van der Waals surface area contributed by atoms with Gasteiger partial charge in [0.15, 0.2) is 6.54 Å². The molecule has 0 aromatic carbocycles. The molecule has 21 heavy (non-hydrogen) atoms. The summed E-state index contributed by atoms with van der Waals surface area (Å²) in [6, 6.07) is -0.458. The van der Waals surface area contributed by atoms with Crippen LogP contribution < -0.4 is 15.5 Å². The Hall–Kier alpha value is -1.63. The maximum Gasteiger partial charge on any atom is 0.321 e. The Kier molecular flexibility index (Phi) is 7.74. The summed E-state index contributed by atoms with van der Waals surface area (Å²) >= 11 is 0. The highest BCUT2D eigenvalue weighted by Crippen LogP contribution is 2.09. The maximum absolute atomic E-state index is 11.8. The first-order chi connectivity index (χ1) is 10.1. The first kappa shape index (κ1) is 17.4. The number of likely N-dealkylation sites (tertiary alicyclic amines) is 1. The Morgan fingerprint density at radius 1 is 1.29 bits per heavy atom. The minimum absolute atomic E-state index is 0.143.